The van der Waals surface area contributed by atoms with Gasteiger partial charge in [-0.25, -0.2) is 4.79 Å². The zero-order chi connectivity index (χ0) is 20.1. The predicted molar refractivity (Wildman–Crippen MR) is 111 cm³/mol. The smallest absolute Gasteiger partial charge is 0.338 e. The van der Waals surface area contributed by atoms with Gasteiger partial charge in [-0.05, 0) is 31.2 Å². The molecule has 0 saturated carbocycles. The van der Waals surface area contributed by atoms with E-state index >= 15 is 0 Å². The summed E-state index contributed by atoms with van der Waals surface area (Å²) in [6.45, 7) is 2.12. The summed E-state index contributed by atoms with van der Waals surface area (Å²) in [6, 6.07) is 18.5. The normalized spacial score (nSPS) is 11.1. The van der Waals surface area contributed by atoms with Gasteiger partial charge in [-0.15, -0.1) is 5.10 Å². The van der Waals surface area contributed by atoms with Crippen molar-refractivity contribution in [1.29, 1.82) is 0 Å². The van der Waals surface area contributed by atoms with Crippen LogP contribution in [0.25, 0.3) is 22.1 Å². The molecule has 0 amide bonds. The summed E-state index contributed by atoms with van der Waals surface area (Å²) in [5.41, 5.74) is 4.26. The number of carbonyl (C=O) groups is 1. The van der Waals surface area contributed by atoms with E-state index in [2.05, 4.69) is 20.7 Å². The minimum atomic E-state index is -0.339. The molecule has 7 heteroatoms. The Labute approximate surface area is 167 Å². The van der Waals surface area contributed by atoms with E-state index in [-0.39, 0.29) is 5.97 Å². The second kappa shape index (κ2) is 8.35. The van der Waals surface area contributed by atoms with E-state index in [1.165, 1.54) is 0 Å². The number of fused-ring (bicyclic) bond motifs is 1. The molecule has 29 heavy (non-hydrogen) atoms. The fraction of sp³-hybridized carbons (Fsp3) is 0.0909. The van der Waals surface area contributed by atoms with Gasteiger partial charge in [0.15, 0.2) is 5.82 Å². The van der Waals surface area contributed by atoms with Crippen molar-refractivity contribution in [2.45, 2.75) is 6.92 Å². The molecular formula is C22H18N4O3. The third kappa shape index (κ3) is 4.14. The molecule has 0 spiro atoms. The molecule has 4 rings (SSSR count). The van der Waals surface area contributed by atoms with Gasteiger partial charge in [-0.3, -0.25) is 5.43 Å². The topological polar surface area (TPSA) is 89.6 Å². The molecule has 0 aliphatic heterocycles. The zero-order valence-corrected chi connectivity index (χ0v) is 15.7. The van der Waals surface area contributed by atoms with Crippen LogP contribution in [0.2, 0.25) is 0 Å². The molecule has 4 aromatic rings. The monoisotopic (exact) mass is 386 g/mol. The lowest BCUT2D eigenvalue weighted by atomic mass is 10.1. The highest BCUT2D eigenvalue weighted by molar-refractivity contribution is 5.91. The van der Waals surface area contributed by atoms with Crippen molar-refractivity contribution in [2.75, 3.05) is 12.0 Å². The van der Waals surface area contributed by atoms with Crippen LogP contribution in [0.1, 0.15) is 23.0 Å². The first-order valence-electron chi connectivity index (χ1n) is 9.11. The number of nitrogens with zero attached hydrogens (tertiary/aromatic N) is 3. The molecule has 0 aliphatic rings. The predicted octanol–water partition coefficient (Wildman–Crippen LogP) is 4.51. The Morgan fingerprint density at radius 2 is 1.97 bits per heavy atom. The lowest BCUT2D eigenvalue weighted by Crippen LogP contribution is -2.03. The van der Waals surface area contributed by atoms with Crippen molar-refractivity contribution in [1.82, 2.24) is 10.2 Å². The summed E-state index contributed by atoms with van der Waals surface area (Å²) < 4.78 is 10.8. The SMILES string of the molecule is CCOC(=O)c1ccc(-c2ccc(C=NNc3nncc4ccccc34)o2)cc1. The van der Waals surface area contributed by atoms with Crippen molar-refractivity contribution < 1.29 is 13.9 Å². The third-order valence-electron chi connectivity index (χ3n) is 4.24. The highest BCUT2D eigenvalue weighted by atomic mass is 16.5. The number of hydrazone groups is 1. The number of anilines is 1. The lowest BCUT2D eigenvalue weighted by Gasteiger charge is -2.03. The van der Waals surface area contributed by atoms with Gasteiger partial charge in [0, 0.05) is 16.3 Å². The molecular weight excluding hydrogens is 368 g/mol. The number of hydrogen-bond donors (Lipinski definition) is 1. The average molecular weight is 386 g/mol. The first-order valence-corrected chi connectivity index (χ1v) is 9.11. The maximum absolute atomic E-state index is 11.7. The van der Waals surface area contributed by atoms with Crippen LogP contribution in [-0.2, 0) is 4.74 Å². The number of carbonyl (C=O) groups excluding carboxylic acids is 1. The fourth-order valence-corrected chi connectivity index (χ4v) is 2.83. The highest BCUT2D eigenvalue weighted by Gasteiger charge is 2.08. The maximum Gasteiger partial charge on any atom is 0.338 e. The van der Waals surface area contributed by atoms with Crippen molar-refractivity contribution in [3.05, 3.63) is 78.2 Å². The van der Waals surface area contributed by atoms with Crippen LogP contribution in [0.4, 0.5) is 5.82 Å². The molecule has 0 unspecified atom stereocenters. The number of rotatable bonds is 6. The van der Waals surface area contributed by atoms with Gasteiger partial charge < -0.3 is 9.15 Å². The summed E-state index contributed by atoms with van der Waals surface area (Å²) >= 11 is 0. The van der Waals surface area contributed by atoms with Crippen molar-refractivity contribution in [3.8, 4) is 11.3 Å². The van der Waals surface area contributed by atoms with E-state index in [0.29, 0.717) is 29.5 Å². The molecule has 144 valence electrons. The second-order valence-corrected chi connectivity index (χ2v) is 6.15. The molecule has 0 aliphatic carbocycles. The summed E-state index contributed by atoms with van der Waals surface area (Å²) in [6.07, 6.45) is 3.27. The number of nitrogens with one attached hydrogen (secondary N) is 1. The molecule has 0 atom stereocenters. The first-order chi connectivity index (χ1) is 14.2. The van der Waals surface area contributed by atoms with E-state index < -0.39 is 0 Å². The lowest BCUT2D eigenvalue weighted by molar-refractivity contribution is 0.0526. The van der Waals surface area contributed by atoms with Crippen LogP contribution >= 0.6 is 0 Å². The van der Waals surface area contributed by atoms with Crippen molar-refractivity contribution >= 4 is 28.8 Å². The highest BCUT2D eigenvalue weighted by Crippen LogP contribution is 2.23. The van der Waals surface area contributed by atoms with Crippen LogP contribution in [-0.4, -0.2) is 29.0 Å². The molecule has 2 heterocycles. The number of aromatic nitrogens is 2. The molecule has 2 aromatic carbocycles. The van der Waals surface area contributed by atoms with Crippen LogP contribution in [0.5, 0.6) is 0 Å². The van der Waals surface area contributed by atoms with Crippen LogP contribution in [0.3, 0.4) is 0 Å². The Hall–Kier alpha value is -4.00. The van der Waals surface area contributed by atoms with E-state index in [1.807, 2.05) is 48.5 Å². The molecule has 0 saturated heterocycles. The van der Waals surface area contributed by atoms with Gasteiger partial charge in [0.25, 0.3) is 0 Å². The van der Waals surface area contributed by atoms with E-state index in [4.69, 9.17) is 9.15 Å². The molecule has 0 bridgehead atoms. The minimum absolute atomic E-state index is 0.339. The first kappa shape index (κ1) is 18.4. The van der Waals surface area contributed by atoms with Crippen LogP contribution in [0, 0.1) is 0 Å². The third-order valence-corrected chi connectivity index (χ3v) is 4.24. The van der Waals surface area contributed by atoms with E-state index in [0.717, 1.165) is 16.3 Å². The van der Waals surface area contributed by atoms with Crippen LogP contribution < -0.4 is 5.43 Å². The van der Waals surface area contributed by atoms with Gasteiger partial charge in [-0.2, -0.15) is 10.2 Å². The number of benzene rings is 2. The zero-order valence-electron chi connectivity index (χ0n) is 15.7. The van der Waals surface area contributed by atoms with E-state index in [1.54, 1.807) is 31.5 Å². The average Bonchev–Trinajstić information content (AvgIpc) is 3.23. The maximum atomic E-state index is 11.7. The van der Waals surface area contributed by atoms with Gasteiger partial charge in [0.2, 0.25) is 0 Å². The summed E-state index contributed by atoms with van der Waals surface area (Å²) in [5.74, 6) is 1.48. The fourth-order valence-electron chi connectivity index (χ4n) is 2.83. The van der Waals surface area contributed by atoms with Gasteiger partial charge in [0.1, 0.15) is 11.5 Å². The minimum Gasteiger partial charge on any atom is -0.462 e. The summed E-state index contributed by atoms with van der Waals surface area (Å²) in [4.78, 5) is 11.7. The molecule has 0 radical (unpaired) electrons. The molecule has 2 aromatic heterocycles. The van der Waals surface area contributed by atoms with Gasteiger partial charge >= 0.3 is 5.97 Å². The molecule has 1 N–H and O–H groups in total. The second-order valence-electron chi connectivity index (χ2n) is 6.15. The van der Waals surface area contributed by atoms with Crippen molar-refractivity contribution in [3.63, 3.8) is 0 Å². The Kier molecular flexibility index (Phi) is 5.29. The quantitative estimate of drug-likeness (QED) is 0.298. The largest absolute Gasteiger partial charge is 0.462 e. The summed E-state index contributed by atoms with van der Waals surface area (Å²) in [7, 11) is 0. The number of hydrogen-bond acceptors (Lipinski definition) is 7. The van der Waals surface area contributed by atoms with E-state index in [9.17, 15) is 4.79 Å². The Morgan fingerprint density at radius 3 is 2.79 bits per heavy atom. The van der Waals surface area contributed by atoms with Gasteiger partial charge in [-0.1, -0.05) is 36.4 Å². The standard InChI is InChI=1S/C22H18N4O3/c1-2-28-22(27)16-9-7-15(8-10-16)20-12-11-18(29-20)14-24-26-21-19-6-4-3-5-17(19)13-23-25-21/h3-14H,2H2,1H3,(H,25,26). The van der Waals surface area contributed by atoms with Crippen molar-refractivity contribution in [2.24, 2.45) is 5.10 Å². The van der Waals surface area contributed by atoms with Crippen LogP contribution in [0.15, 0.2) is 76.4 Å². The number of ether oxygens (including phenoxy) is 1. The molecule has 7 nitrogen and oxygen atoms in total. The Balaban J connectivity index is 1.46. The summed E-state index contributed by atoms with van der Waals surface area (Å²) in [5, 5.41) is 14.2. The Morgan fingerprint density at radius 1 is 1.14 bits per heavy atom. The molecule has 0 fully saturated rings. The van der Waals surface area contributed by atoms with Gasteiger partial charge in [0.05, 0.1) is 24.6 Å². The number of furan rings is 1. The Bertz CT molecular complexity index is 1160. The number of esters is 1.